The molecule has 1 N–H and O–H groups in total. The number of amides is 1. The van der Waals surface area contributed by atoms with E-state index in [1.54, 1.807) is 53.4 Å². The van der Waals surface area contributed by atoms with E-state index in [1.165, 1.54) is 37.1 Å². The lowest BCUT2D eigenvalue weighted by Gasteiger charge is -2.14. The van der Waals surface area contributed by atoms with Gasteiger partial charge in [0, 0.05) is 6.54 Å². The lowest BCUT2D eigenvalue weighted by molar-refractivity contribution is -0.122. The molecule has 0 radical (unpaired) electrons. The molecule has 0 aromatic heterocycles. The van der Waals surface area contributed by atoms with Crippen LogP contribution in [0.1, 0.15) is 28.4 Å². The van der Waals surface area contributed by atoms with Crippen molar-refractivity contribution in [3.05, 3.63) is 92.5 Å². The summed E-state index contributed by atoms with van der Waals surface area (Å²) in [7, 11) is 1.51. The van der Waals surface area contributed by atoms with E-state index in [4.69, 9.17) is 9.47 Å². The number of hydrogen-bond acceptors (Lipinski definition) is 6. The highest BCUT2D eigenvalue weighted by Gasteiger charge is 2.32. The monoisotopic (exact) mass is 584 g/mol. The van der Waals surface area contributed by atoms with Crippen LogP contribution >= 0.6 is 27.7 Å². The number of carboxylic acid groups (broad SMARTS) is 1. The van der Waals surface area contributed by atoms with Gasteiger partial charge in [-0.15, -0.1) is 0 Å². The lowest BCUT2D eigenvalue weighted by Crippen LogP contribution is -2.28. The van der Waals surface area contributed by atoms with Crippen molar-refractivity contribution in [3.8, 4) is 11.5 Å². The quantitative estimate of drug-likeness (QED) is 0.304. The molecular formula is C27H22BrFN2O5S. The highest BCUT2D eigenvalue weighted by molar-refractivity contribution is 9.10. The number of halogens is 2. The number of carbonyl (C=O) groups excluding carboxylic acids is 1. The molecule has 37 heavy (non-hydrogen) atoms. The Morgan fingerprint density at radius 1 is 1.19 bits per heavy atom. The summed E-state index contributed by atoms with van der Waals surface area (Å²) in [6.45, 7) is 2.44. The van der Waals surface area contributed by atoms with Crippen molar-refractivity contribution in [3.63, 3.8) is 0 Å². The van der Waals surface area contributed by atoms with Crippen LogP contribution < -0.4 is 9.47 Å². The summed E-state index contributed by atoms with van der Waals surface area (Å²) in [5, 5.41) is 9.71. The average Bonchev–Trinajstić information content (AvgIpc) is 3.17. The van der Waals surface area contributed by atoms with E-state index in [0.29, 0.717) is 49.4 Å². The van der Waals surface area contributed by atoms with Gasteiger partial charge in [-0.2, -0.15) is 0 Å². The minimum absolute atomic E-state index is 0.138. The first-order valence-corrected chi connectivity index (χ1v) is 12.8. The fourth-order valence-electron chi connectivity index (χ4n) is 3.56. The maximum Gasteiger partial charge on any atom is 0.335 e. The highest BCUT2D eigenvalue weighted by atomic mass is 79.9. The third-order valence-corrected chi connectivity index (χ3v) is 6.96. The van der Waals surface area contributed by atoms with Gasteiger partial charge < -0.3 is 14.6 Å². The van der Waals surface area contributed by atoms with Gasteiger partial charge in [0.05, 0.1) is 27.7 Å². The number of ether oxygens (including phenoxy) is 2. The van der Waals surface area contributed by atoms with Gasteiger partial charge in [0.1, 0.15) is 12.4 Å². The van der Waals surface area contributed by atoms with Crippen LogP contribution in [0.15, 0.2) is 75.0 Å². The van der Waals surface area contributed by atoms with Crippen LogP contribution in [-0.4, -0.2) is 40.7 Å². The molecule has 0 spiro atoms. The van der Waals surface area contributed by atoms with Gasteiger partial charge >= 0.3 is 5.97 Å². The SMILES string of the molecule is CCN1C(=O)/C(=C\c2cc(Br)c(OCc3cccc(C(=O)O)c3)c(OC)c2)SC1=Nc1ccc(F)cc1. The van der Waals surface area contributed by atoms with Crippen molar-refractivity contribution >= 4 is 56.5 Å². The molecule has 190 valence electrons. The molecule has 0 saturated carbocycles. The van der Waals surface area contributed by atoms with Gasteiger partial charge in [-0.05, 0) is 100 Å². The summed E-state index contributed by atoms with van der Waals surface area (Å²) in [5.74, 6) is -0.650. The number of aromatic carboxylic acids is 1. The molecule has 10 heteroatoms. The second kappa shape index (κ2) is 11.6. The van der Waals surface area contributed by atoms with Crippen LogP contribution in [0.3, 0.4) is 0 Å². The van der Waals surface area contributed by atoms with Crippen LogP contribution in [0.5, 0.6) is 11.5 Å². The van der Waals surface area contributed by atoms with Crippen molar-refractivity contribution in [2.75, 3.05) is 13.7 Å². The van der Waals surface area contributed by atoms with E-state index in [1.807, 2.05) is 6.92 Å². The first-order valence-electron chi connectivity index (χ1n) is 11.2. The zero-order chi connectivity index (χ0) is 26.5. The molecule has 3 aromatic rings. The number of likely N-dealkylation sites (N-methyl/N-ethyl adjacent to an activating group) is 1. The van der Waals surface area contributed by atoms with E-state index in [2.05, 4.69) is 20.9 Å². The standard InChI is InChI=1S/C27H22BrFN2O5S/c1-3-31-25(32)23(37-27(31)30-20-9-7-19(29)8-10-20)14-17-12-21(28)24(22(13-17)35-2)36-15-16-5-4-6-18(11-16)26(33)34/h4-14H,3,15H2,1-2H3,(H,33,34)/b23-14+,30-27?. The normalized spacial score (nSPS) is 15.5. The molecule has 1 fully saturated rings. The van der Waals surface area contributed by atoms with E-state index >= 15 is 0 Å². The lowest BCUT2D eigenvalue weighted by atomic mass is 10.1. The number of amidine groups is 1. The van der Waals surface area contributed by atoms with Crippen LogP contribution in [0.2, 0.25) is 0 Å². The summed E-state index contributed by atoms with van der Waals surface area (Å²) in [5.41, 5.74) is 2.13. The number of hydrogen-bond donors (Lipinski definition) is 1. The predicted molar refractivity (Wildman–Crippen MR) is 145 cm³/mol. The maximum absolute atomic E-state index is 13.2. The van der Waals surface area contributed by atoms with E-state index in [0.717, 1.165) is 0 Å². The molecule has 1 aliphatic heterocycles. The number of carboxylic acids is 1. The van der Waals surface area contributed by atoms with Gasteiger partial charge in [-0.1, -0.05) is 12.1 Å². The Balaban J connectivity index is 1.58. The smallest absolute Gasteiger partial charge is 0.335 e. The highest BCUT2D eigenvalue weighted by Crippen LogP contribution is 2.40. The van der Waals surface area contributed by atoms with Crippen molar-refractivity contribution in [2.45, 2.75) is 13.5 Å². The van der Waals surface area contributed by atoms with Crippen LogP contribution in [0.4, 0.5) is 10.1 Å². The van der Waals surface area contributed by atoms with Crippen molar-refractivity contribution < 1.29 is 28.6 Å². The summed E-state index contributed by atoms with van der Waals surface area (Å²) in [4.78, 5) is 30.8. The molecule has 4 rings (SSSR count). The Hall–Kier alpha value is -3.63. The van der Waals surface area contributed by atoms with Gasteiger partial charge in [0.15, 0.2) is 16.7 Å². The molecule has 0 bridgehead atoms. The number of nitrogens with zero attached hydrogens (tertiary/aromatic N) is 2. The van der Waals surface area contributed by atoms with Crippen molar-refractivity contribution in [1.82, 2.24) is 4.90 Å². The third-order valence-electron chi connectivity index (χ3n) is 5.36. The largest absolute Gasteiger partial charge is 0.493 e. The van der Waals surface area contributed by atoms with Crippen LogP contribution in [0.25, 0.3) is 6.08 Å². The summed E-state index contributed by atoms with van der Waals surface area (Å²) in [6.07, 6.45) is 1.75. The van der Waals surface area contributed by atoms with Gasteiger partial charge in [-0.25, -0.2) is 14.2 Å². The van der Waals surface area contributed by atoms with Crippen molar-refractivity contribution in [2.24, 2.45) is 4.99 Å². The Bertz CT molecular complexity index is 1410. The minimum Gasteiger partial charge on any atom is -0.493 e. The average molecular weight is 585 g/mol. The van der Waals surface area contributed by atoms with E-state index in [9.17, 15) is 19.1 Å². The maximum atomic E-state index is 13.2. The second-order valence-corrected chi connectivity index (χ2v) is 9.72. The molecular weight excluding hydrogens is 563 g/mol. The second-order valence-electron chi connectivity index (χ2n) is 7.86. The van der Waals surface area contributed by atoms with Crippen LogP contribution in [-0.2, 0) is 11.4 Å². The minimum atomic E-state index is -1.01. The summed E-state index contributed by atoms with van der Waals surface area (Å²) < 4.78 is 25.3. The number of methoxy groups -OCH3 is 1. The Morgan fingerprint density at radius 2 is 1.95 bits per heavy atom. The molecule has 7 nitrogen and oxygen atoms in total. The van der Waals surface area contributed by atoms with Crippen molar-refractivity contribution in [1.29, 1.82) is 0 Å². The molecule has 0 unspecified atom stereocenters. The first-order chi connectivity index (χ1) is 17.8. The number of rotatable bonds is 8. The topological polar surface area (TPSA) is 88.4 Å². The number of benzene rings is 3. The first kappa shape index (κ1) is 26.4. The summed E-state index contributed by atoms with van der Waals surface area (Å²) >= 11 is 4.76. The van der Waals surface area contributed by atoms with Gasteiger partial charge in [-0.3, -0.25) is 9.69 Å². The van der Waals surface area contributed by atoms with E-state index in [-0.39, 0.29) is 23.9 Å². The third kappa shape index (κ3) is 6.20. The number of thioether (sulfide) groups is 1. The molecule has 1 amide bonds. The molecule has 1 aliphatic rings. The number of carbonyl (C=O) groups is 2. The fraction of sp³-hybridized carbons (Fsp3) is 0.148. The molecule has 1 heterocycles. The Kier molecular flexibility index (Phi) is 8.30. The molecule has 0 atom stereocenters. The number of aliphatic imine (C=N–C) groups is 1. The molecule has 3 aromatic carbocycles. The Labute approximate surface area is 225 Å². The summed E-state index contributed by atoms with van der Waals surface area (Å²) in [6, 6.07) is 15.8. The molecule has 0 aliphatic carbocycles. The van der Waals surface area contributed by atoms with Gasteiger partial charge in [0.25, 0.3) is 5.91 Å². The predicted octanol–water partition coefficient (Wildman–Crippen LogP) is 6.50. The Morgan fingerprint density at radius 3 is 2.62 bits per heavy atom. The zero-order valence-electron chi connectivity index (χ0n) is 19.9. The van der Waals surface area contributed by atoms with Gasteiger partial charge in [0.2, 0.25) is 0 Å². The van der Waals surface area contributed by atoms with E-state index < -0.39 is 5.97 Å². The zero-order valence-corrected chi connectivity index (χ0v) is 22.3. The van der Waals surface area contributed by atoms with Crippen LogP contribution in [0, 0.1) is 5.82 Å². The fourth-order valence-corrected chi connectivity index (χ4v) is 5.20. The molecule has 1 saturated heterocycles.